The van der Waals surface area contributed by atoms with E-state index in [1.807, 2.05) is 18.2 Å². The van der Waals surface area contributed by atoms with Crippen LogP contribution < -0.4 is 21.2 Å². The van der Waals surface area contributed by atoms with Crippen molar-refractivity contribution in [1.82, 2.24) is 0 Å². The molecule has 15 heavy (non-hydrogen) atoms. The van der Waals surface area contributed by atoms with Gasteiger partial charge in [0.05, 0.1) is 0 Å². The second kappa shape index (κ2) is 5.28. The van der Waals surface area contributed by atoms with Crippen molar-refractivity contribution in [3.63, 3.8) is 0 Å². The van der Waals surface area contributed by atoms with Crippen molar-refractivity contribution in [1.29, 1.82) is 0 Å². The number of hydrogen-bond donors (Lipinski definition) is 1. The molecule has 0 unspecified atom stereocenters. The molecule has 0 radical (unpaired) electrons. The third-order valence-corrected chi connectivity index (χ3v) is 4.73. The van der Waals surface area contributed by atoms with Crippen LogP contribution in [0.1, 0.15) is 5.56 Å². The van der Waals surface area contributed by atoms with Crippen LogP contribution in [0.25, 0.3) is 0 Å². The molecule has 0 heterocycles. The van der Waals surface area contributed by atoms with Gasteiger partial charge in [-0.25, -0.2) is 0 Å². The molecule has 0 aliphatic rings. The second-order valence-corrected chi connectivity index (χ2v) is 6.21. The van der Waals surface area contributed by atoms with Gasteiger partial charge in [0.2, 0.25) is 0 Å². The molecule has 0 saturated carbocycles. The summed E-state index contributed by atoms with van der Waals surface area (Å²) in [7, 11) is 0. The quantitative estimate of drug-likeness (QED) is 0.744. The molecule has 2 heteroatoms. The van der Waals surface area contributed by atoms with Gasteiger partial charge in [-0.1, -0.05) is 0 Å². The molecule has 2 aromatic rings. The Morgan fingerprint density at radius 1 is 0.800 bits per heavy atom. The molecule has 0 amide bonds. The van der Waals surface area contributed by atoms with E-state index in [9.17, 15) is 0 Å². The topological polar surface area (TPSA) is 20.2 Å². The maximum absolute atomic E-state index is 8.93. The predicted octanol–water partition coefficient (Wildman–Crippen LogP) is -0.693. The molecule has 1 N–H and O–H groups in total. The number of aliphatic hydroxyl groups excluding tert-OH is 1. The molecule has 78 valence electrons. The first kappa shape index (κ1) is 10.6. The first-order chi connectivity index (χ1) is 7.38. The third kappa shape index (κ3) is 3.04. The Kier molecular flexibility index (Phi) is 3.75. The van der Waals surface area contributed by atoms with E-state index in [0.29, 0.717) is 0 Å². The Hall–Kier alpha value is -0.870. The van der Waals surface area contributed by atoms with Crippen molar-refractivity contribution < 1.29 is 26.3 Å². The Labute approximate surface area is 100 Å². The van der Waals surface area contributed by atoms with Crippen molar-refractivity contribution in [3.8, 4) is 0 Å². The fourth-order valence-electron chi connectivity index (χ4n) is 1.26. The van der Waals surface area contributed by atoms with Crippen LogP contribution in [0, 0.1) is 7.14 Å². The van der Waals surface area contributed by atoms with E-state index in [0.717, 1.165) is 5.56 Å². The Morgan fingerprint density at radius 3 is 2.00 bits per heavy atom. The zero-order valence-corrected chi connectivity index (χ0v) is 10.4. The Balaban J connectivity index is 2.11. The summed E-state index contributed by atoms with van der Waals surface area (Å²) in [5.41, 5.74) is 0.982. The average molecular weight is 311 g/mol. The van der Waals surface area contributed by atoms with Gasteiger partial charge in [-0.15, -0.1) is 0 Å². The second-order valence-electron chi connectivity index (χ2n) is 3.17. The first-order valence-corrected chi connectivity index (χ1v) is 6.94. The van der Waals surface area contributed by atoms with Crippen LogP contribution in [-0.2, 0) is 6.61 Å². The third-order valence-electron chi connectivity index (χ3n) is 2.05. The molecule has 0 aliphatic carbocycles. The average Bonchev–Trinajstić information content (AvgIpc) is 2.31. The molecule has 2 rings (SSSR count). The van der Waals surface area contributed by atoms with Crippen LogP contribution >= 0.6 is 0 Å². The molecule has 0 aromatic heterocycles. The standard InChI is InChI=1S/C13H12IO/c15-10-11-6-8-13(9-7-11)14-12-4-2-1-3-5-12/h1-9,15H,10H2/q-1. The number of benzene rings is 2. The molecule has 0 bridgehead atoms. The maximum atomic E-state index is 8.93. The predicted molar refractivity (Wildman–Crippen MR) is 56.2 cm³/mol. The Bertz CT molecular complexity index is 408. The summed E-state index contributed by atoms with van der Waals surface area (Å²) in [6.45, 7) is 0.129. The van der Waals surface area contributed by atoms with Crippen LogP contribution in [0.3, 0.4) is 0 Å². The normalized spacial score (nSPS) is 10.5. The molecule has 1 nitrogen and oxygen atoms in total. The van der Waals surface area contributed by atoms with Crippen molar-refractivity contribution in [2.45, 2.75) is 6.61 Å². The van der Waals surface area contributed by atoms with Gasteiger partial charge < -0.3 is 0 Å². The van der Waals surface area contributed by atoms with E-state index in [2.05, 4.69) is 36.4 Å². The number of halogens is 1. The zero-order chi connectivity index (χ0) is 10.5. The van der Waals surface area contributed by atoms with Crippen LogP contribution in [0.2, 0.25) is 0 Å². The minimum atomic E-state index is -0.0710. The Morgan fingerprint density at radius 2 is 1.40 bits per heavy atom. The summed E-state index contributed by atoms with van der Waals surface area (Å²) >= 11 is -0.0710. The van der Waals surface area contributed by atoms with E-state index in [1.54, 1.807) is 0 Å². The molecule has 2 aromatic carbocycles. The summed E-state index contributed by atoms with van der Waals surface area (Å²) in [5.74, 6) is 0. The van der Waals surface area contributed by atoms with E-state index in [1.165, 1.54) is 7.14 Å². The monoisotopic (exact) mass is 311 g/mol. The van der Waals surface area contributed by atoms with Crippen molar-refractivity contribution >= 4 is 0 Å². The summed E-state index contributed by atoms with van der Waals surface area (Å²) in [6, 6.07) is 18.8. The van der Waals surface area contributed by atoms with Gasteiger partial charge in [-0.2, -0.15) is 0 Å². The van der Waals surface area contributed by atoms with Gasteiger partial charge in [0.25, 0.3) is 0 Å². The van der Waals surface area contributed by atoms with Gasteiger partial charge in [0.15, 0.2) is 0 Å². The van der Waals surface area contributed by atoms with Gasteiger partial charge in [-0.3, -0.25) is 0 Å². The molecule has 0 atom stereocenters. The first-order valence-electron chi connectivity index (χ1n) is 4.78. The molecule has 0 spiro atoms. The minimum absolute atomic E-state index is 0.0710. The van der Waals surface area contributed by atoms with Crippen molar-refractivity contribution in [2.24, 2.45) is 0 Å². The fraction of sp³-hybridized carbons (Fsp3) is 0.0769. The van der Waals surface area contributed by atoms with Gasteiger partial charge >= 0.3 is 100 Å². The van der Waals surface area contributed by atoms with E-state index >= 15 is 0 Å². The van der Waals surface area contributed by atoms with Gasteiger partial charge in [0, 0.05) is 0 Å². The van der Waals surface area contributed by atoms with E-state index in [4.69, 9.17) is 5.11 Å². The van der Waals surface area contributed by atoms with Gasteiger partial charge in [-0.05, 0) is 0 Å². The summed E-state index contributed by atoms with van der Waals surface area (Å²) in [6.07, 6.45) is 0. The number of hydrogen-bond acceptors (Lipinski definition) is 1. The number of aliphatic hydroxyl groups is 1. The molecule has 0 aliphatic heterocycles. The SMILES string of the molecule is OCc1ccc([I-]c2ccccc2)cc1. The van der Waals surface area contributed by atoms with Crippen LogP contribution in [-0.4, -0.2) is 5.11 Å². The van der Waals surface area contributed by atoms with Crippen molar-refractivity contribution in [2.75, 3.05) is 0 Å². The molecular formula is C13H12IO-. The van der Waals surface area contributed by atoms with Crippen molar-refractivity contribution in [3.05, 3.63) is 67.3 Å². The van der Waals surface area contributed by atoms with Gasteiger partial charge in [0.1, 0.15) is 0 Å². The summed E-state index contributed by atoms with van der Waals surface area (Å²) in [4.78, 5) is 0. The number of rotatable bonds is 3. The van der Waals surface area contributed by atoms with Crippen LogP contribution in [0.4, 0.5) is 0 Å². The molecular weight excluding hydrogens is 299 g/mol. The molecule has 0 fully saturated rings. The van der Waals surface area contributed by atoms with Crippen LogP contribution in [0.15, 0.2) is 54.6 Å². The summed E-state index contributed by atoms with van der Waals surface area (Å²) in [5, 5.41) is 8.93. The fourth-order valence-corrected chi connectivity index (χ4v) is 3.47. The van der Waals surface area contributed by atoms with Crippen LogP contribution in [0.5, 0.6) is 0 Å². The zero-order valence-electron chi connectivity index (χ0n) is 8.23. The molecule has 0 saturated heterocycles. The summed E-state index contributed by atoms with van der Waals surface area (Å²) < 4.78 is 2.81. The van der Waals surface area contributed by atoms with E-state index in [-0.39, 0.29) is 27.8 Å². The van der Waals surface area contributed by atoms with E-state index < -0.39 is 0 Å².